The highest BCUT2D eigenvalue weighted by atomic mass is 16.5. The molecule has 1 atom stereocenters. The first kappa shape index (κ1) is 15.1. The third-order valence-corrected chi connectivity index (χ3v) is 3.51. The number of hydrogen-bond acceptors (Lipinski definition) is 7. The fourth-order valence-electron chi connectivity index (χ4n) is 2.55. The van der Waals surface area contributed by atoms with Gasteiger partial charge >= 0.3 is 0 Å². The fraction of sp³-hybridized carbons (Fsp3) is 0.533. The van der Waals surface area contributed by atoms with Crippen LogP contribution in [0.25, 0.3) is 11.5 Å². The van der Waals surface area contributed by atoms with Crippen LogP contribution in [0.15, 0.2) is 28.9 Å². The summed E-state index contributed by atoms with van der Waals surface area (Å²) >= 11 is 0. The Labute approximate surface area is 129 Å². The molecule has 3 heterocycles. The normalized spacial score (nSPS) is 19.7. The summed E-state index contributed by atoms with van der Waals surface area (Å²) in [6, 6.07) is 5.64. The van der Waals surface area contributed by atoms with E-state index in [9.17, 15) is 0 Å². The van der Waals surface area contributed by atoms with E-state index in [0.29, 0.717) is 18.3 Å². The molecule has 3 rings (SSSR count). The van der Waals surface area contributed by atoms with Crippen LogP contribution in [0.1, 0.15) is 5.89 Å². The van der Waals surface area contributed by atoms with E-state index < -0.39 is 0 Å². The molecule has 0 aromatic carbocycles. The van der Waals surface area contributed by atoms with Crippen LogP contribution < -0.4 is 0 Å². The summed E-state index contributed by atoms with van der Waals surface area (Å²) in [6.45, 7) is 4.05. The average molecular weight is 303 g/mol. The number of nitrogens with zero attached hydrogens (tertiary/aromatic N) is 5. The van der Waals surface area contributed by atoms with Crippen LogP contribution in [0.3, 0.4) is 0 Å². The van der Waals surface area contributed by atoms with E-state index in [-0.39, 0.29) is 6.10 Å². The van der Waals surface area contributed by atoms with Crippen molar-refractivity contribution in [1.82, 2.24) is 24.9 Å². The van der Waals surface area contributed by atoms with Crippen molar-refractivity contribution in [2.45, 2.75) is 12.6 Å². The lowest BCUT2D eigenvalue weighted by molar-refractivity contribution is -0.0430. The third kappa shape index (κ3) is 3.88. The van der Waals surface area contributed by atoms with Gasteiger partial charge in [0, 0.05) is 25.8 Å². The number of pyridine rings is 1. The Balaban J connectivity index is 1.60. The molecule has 2 aromatic rings. The zero-order chi connectivity index (χ0) is 15.4. The van der Waals surface area contributed by atoms with Crippen LogP contribution >= 0.6 is 0 Å². The zero-order valence-corrected chi connectivity index (χ0v) is 13.0. The van der Waals surface area contributed by atoms with Crippen LogP contribution in [0.5, 0.6) is 0 Å². The number of morpholine rings is 1. The molecule has 0 saturated carbocycles. The van der Waals surface area contributed by atoms with Gasteiger partial charge in [0.15, 0.2) is 0 Å². The molecule has 0 radical (unpaired) electrons. The van der Waals surface area contributed by atoms with Crippen LogP contribution in [0.4, 0.5) is 0 Å². The molecule has 7 nitrogen and oxygen atoms in total. The largest absolute Gasteiger partial charge is 0.374 e. The highest BCUT2D eigenvalue weighted by Gasteiger charge is 2.22. The van der Waals surface area contributed by atoms with Gasteiger partial charge in [-0.1, -0.05) is 11.2 Å². The molecule has 0 bridgehead atoms. The standard InChI is InChI=1S/C15H21N5O2/c1-19(2)9-12-10-20(7-8-21-12)11-14-17-15(18-22-14)13-5-3-4-6-16-13/h3-6,12H,7-11H2,1-2H3. The predicted molar refractivity (Wildman–Crippen MR) is 81.1 cm³/mol. The van der Waals surface area contributed by atoms with Gasteiger partial charge in [-0.05, 0) is 26.2 Å². The van der Waals surface area contributed by atoms with Crippen molar-refractivity contribution in [2.24, 2.45) is 0 Å². The number of hydrogen-bond donors (Lipinski definition) is 0. The molecule has 0 spiro atoms. The first-order chi connectivity index (χ1) is 10.7. The number of aromatic nitrogens is 3. The summed E-state index contributed by atoms with van der Waals surface area (Å²) in [5, 5.41) is 4.00. The smallest absolute Gasteiger partial charge is 0.241 e. The Morgan fingerprint density at radius 1 is 1.36 bits per heavy atom. The predicted octanol–water partition coefficient (Wildman–Crippen LogP) is 0.894. The molecular weight excluding hydrogens is 282 g/mol. The van der Waals surface area contributed by atoms with E-state index >= 15 is 0 Å². The van der Waals surface area contributed by atoms with Crippen LogP contribution in [-0.2, 0) is 11.3 Å². The second-order valence-electron chi connectivity index (χ2n) is 5.72. The van der Waals surface area contributed by atoms with Gasteiger partial charge < -0.3 is 14.2 Å². The minimum Gasteiger partial charge on any atom is -0.374 e. The Hall–Kier alpha value is -1.83. The van der Waals surface area contributed by atoms with Crippen molar-refractivity contribution < 1.29 is 9.26 Å². The quantitative estimate of drug-likeness (QED) is 0.812. The second-order valence-corrected chi connectivity index (χ2v) is 5.72. The van der Waals surface area contributed by atoms with Crippen molar-refractivity contribution >= 4 is 0 Å². The maximum Gasteiger partial charge on any atom is 0.241 e. The molecule has 1 saturated heterocycles. The first-order valence-corrected chi connectivity index (χ1v) is 7.43. The Kier molecular flexibility index (Phi) is 4.77. The summed E-state index contributed by atoms with van der Waals surface area (Å²) in [4.78, 5) is 13.1. The zero-order valence-electron chi connectivity index (χ0n) is 13.0. The summed E-state index contributed by atoms with van der Waals surface area (Å²) in [5.41, 5.74) is 0.727. The molecule has 0 N–H and O–H groups in total. The molecule has 1 aliphatic rings. The Bertz CT molecular complexity index is 587. The molecule has 1 aliphatic heterocycles. The van der Waals surface area contributed by atoms with Gasteiger partial charge in [0.1, 0.15) is 5.69 Å². The Morgan fingerprint density at radius 3 is 3.05 bits per heavy atom. The number of likely N-dealkylation sites (N-methyl/N-ethyl adjacent to an activating group) is 1. The molecular formula is C15H21N5O2. The second kappa shape index (κ2) is 6.95. The van der Waals surface area contributed by atoms with Gasteiger partial charge in [-0.15, -0.1) is 0 Å². The molecule has 118 valence electrons. The molecule has 2 aromatic heterocycles. The summed E-state index contributed by atoms with van der Waals surface area (Å²) in [7, 11) is 4.11. The van der Waals surface area contributed by atoms with Crippen molar-refractivity contribution in [3.05, 3.63) is 30.3 Å². The highest BCUT2D eigenvalue weighted by molar-refractivity contribution is 5.46. The summed E-state index contributed by atoms with van der Waals surface area (Å²) in [5.74, 6) is 1.15. The first-order valence-electron chi connectivity index (χ1n) is 7.43. The van der Waals surface area contributed by atoms with Gasteiger partial charge in [-0.3, -0.25) is 9.88 Å². The van der Waals surface area contributed by atoms with Crippen LogP contribution in [0, 0.1) is 0 Å². The van der Waals surface area contributed by atoms with Crippen LogP contribution in [-0.4, -0.2) is 71.4 Å². The third-order valence-electron chi connectivity index (χ3n) is 3.51. The lowest BCUT2D eigenvalue weighted by atomic mass is 10.2. The van der Waals surface area contributed by atoms with E-state index in [1.807, 2.05) is 18.2 Å². The minimum atomic E-state index is 0.224. The topological polar surface area (TPSA) is 67.5 Å². The average Bonchev–Trinajstić information content (AvgIpc) is 2.96. The molecule has 0 amide bonds. The summed E-state index contributed by atoms with van der Waals surface area (Å²) in [6.07, 6.45) is 1.95. The number of rotatable bonds is 5. The van der Waals surface area contributed by atoms with Gasteiger partial charge in [0.05, 0.1) is 19.3 Å². The molecule has 0 aliphatic carbocycles. The maximum atomic E-state index is 5.77. The molecule has 1 fully saturated rings. The highest BCUT2D eigenvalue weighted by Crippen LogP contribution is 2.14. The van der Waals surface area contributed by atoms with Gasteiger partial charge in [-0.25, -0.2) is 0 Å². The lowest BCUT2D eigenvalue weighted by Gasteiger charge is -2.33. The van der Waals surface area contributed by atoms with Gasteiger partial charge in [0.25, 0.3) is 0 Å². The molecule has 22 heavy (non-hydrogen) atoms. The lowest BCUT2D eigenvalue weighted by Crippen LogP contribution is -2.46. The van der Waals surface area contributed by atoms with Crippen molar-refractivity contribution in [3.63, 3.8) is 0 Å². The minimum absolute atomic E-state index is 0.224. The van der Waals surface area contributed by atoms with E-state index in [1.165, 1.54) is 0 Å². The van der Waals surface area contributed by atoms with Crippen molar-refractivity contribution in [3.8, 4) is 11.5 Å². The van der Waals surface area contributed by atoms with Crippen molar-refractivity contribution in [2.75, 3.05) is 40.3 Å². The molecule has 7 heteroatoms. The van der Waals surface area contributed by atoms with Crippen LogP contribution in [0.2, 0.25) is 0 Å². The fourth-order valence-corrected chi connectivity index (χ4v) is 2.55. The maximum absolute atomic E-state index is 5.77. The Morgan fingerprint density at radius 2 is 2.27 bits per heavy atom. The summed E-state index contributed by atoms with van der Waals surface area (Å²) < 4.78 is 11.1. The van der Waals surface area contributed by atoms with E-state index in [1.54, 1.807) is 6.20 Å². The van der Waals surface area contributed by atoms with Crippen molar-refractivity contribution in [1.29, 1.82) is 0 Å². The van der Waals surface area contributed by atoms with E-state index in [2.05, 4.69) is 39.0 Å². The van der Waals surface area contributed by atoms with E-state index in [0.717, 1.165) is 31.9 Å². The number of ether oxygens (including phenoxy) is 1. The van der Waals surface area contributed by atoms with E-state index in [4.69, 9.17) is 9.26 Å². The monoisotopic (exact) mass is 303 g/mol. The SMILES string of the molecule is CN(C)CC1CN(Cc2nc(-c3ccccn3)no2)CCO1. The van der Waals surface area contributed by atoms with Gasteiger partial charge in [-0.2, -0.15) is 4.98 Å². The molecule has 1 unspecified atom stereocenters. The van der Waals surface area contributed by atoms with Gasteiger partial charge in [0.2, 0.25) is 11.7 Å².